The van der Waals surface area contributed by atoms with Gasteiger partial charge in [0.25, 0.3) is 0 Å². The van der Waals surface area contributed by atoms with Gasteiger partial charge in [0.05, 0.1) is 10.6 Å². The van der Waals surface area contributed by atoms with Crippen molar-refractivity contribution in [3.8, 4) is 0 Å². The summed E-state index contributed by atoms with van der Waals surface area (Å²) in [6.45, 7) is 4.00. The van der Waals surface area contributed by atoms with Crippen LogP contribution in [0.4, 0.5) is 0 Å². The first-order valence-corrected chi connectivity index (χ1v) is 6.61. The van der Waals surface area contributed by atoms with Crippen LogP contribution in [0.3, 0.4) is 0 Å². The molecule has 82 valence electrons. The predicted molar refractivity (Wildman–Crippen MR) is 58.8 cm³/mol. The van der Waals surface area contributed by atoms with Crippen molar-refractivity contribution in [2.24, 2.45) is 0 Å². The molecule has 1 aliphatic heterocycles. The van der Waals surface area contributed by atoms with Crippen LogP contribution < -0.4 is 0 Å². The molecule has 0 bridgehead atoms. The zero-order valence-corrected chi connectivity index (χ0v) is 9.67. The SMILES string of the molecule is CC.O=C1CCS(=O)(=O)c2ccccc21. The number of fused-ring (bicyclic) bond motifs is 1. The van der Waals surface area contributed by atoms with Gasteiger partial charge in [0.15, 0.2) is 15.6 Å². The molecule has 0 amide bonds. The highest BCUT2D eigenvalue weighted by molar-refractivity contribution is 7.91. The number of rotatable bonds is 0. The van der Waals surface area contributed by atoms with Gasteiger partial charge in [0.2, 0.25) is 0 Å². The lowest BCUT2D eigenvalue weighted by Gasteiger charge is -2.13. The minimum Gasteiger partial charge on any atom is -0.294 e. The number of sulfone groups is 1. The first-order valence-electron chi connectivity index (χ1n) is 4.96. The average molecular weight is 226 g/mol. The predicted octanol–water partition coefficient (Wildman–Crippen LogP) is 2.07. The normalized spacial score (nSPS) is 17.3. The highest BCUT2D eigenvalue weighted by Crippen LogP contribution is 2.23. The van der Waals surface area contributed by atoms with Crippen LogP contribution in [0.5, 0.6) is 0 Å². The monoisotopic (exact) mass is 226 g/mol. The first-order chi connectivity index (χ1) is 7.11. The maximum atomic E-state index is 11.5. The number of ketones is 1. The van der Waals surface area contributed by atoms with E-state index in [0.29, 0.717) is 5.56 Å². The van der Waals surface area contributed by atoms with Gasteiger partial charge in [-0.25, -0.2) is 8.42 Å². The van der Waals surface area contributed by atoms with E-state index in [2.05, 4.69) is 0 Å². The van der Waals surface area contributed by atoms with E-state index < -0.39 is 9.84 Å². The summed E-state index contributed by atoms with van der Waals surface area (Å²) in [5, 5.41) is 0. The van der Waals surface area contributed by atoms with Gasteiger partial charge in [-0.15, -0.1) is 0 Å². The van der Waals surface area contributed by atoms with Gasteiger partial charge in [-0.3, -0.25) is 4.79 Å². The van der Waals surface area contributed by atoms with Crippen LogP contribution in [0.25, 0.3) is 0 Å². The highest BCUT2D eigenvalue weighted by Gasteiger charge is 2.27. The third-order valence-electron chi connectivity index (χ3n) is 2.12. The zero-order chi connectivity index (χ0) is 11.5. The summed E-state index contributed by atoms with van der Waals surface area (Å²) in [6.07, 6.45) is 0.110. The molecule has 15 heavy (non-hydrogen) atoms. The van der Waals surface area contributed by atoms with Crippen LogP contribution in [0.15, 0.2) is 29.2 Å². The molecule has 1 heterocycles. The van der Waals surface area contributed by atoms with Gasteiger partial charge in [-0.05, 0) is 6.07 Å². The smallest absolute Gasteiger partial charge is 0.179 e. The molecule has 0 saturated heterocycles. The molecular weight excluding hydrogens is 212 g/mol. The second kappa shape index (κ2) is 4.57. The summed E-state index contributed by atoms with van der Waals surface area (Å²) < 4.78 is 22.9. The van der Waals surface area contributed by atoms with Gasteiger partial charge in [-0.2, -0.15) is 0 Å². The molecule has 1 aliphatic rings. The largest absolute Gasteiger partial charge is 0.294 e. The molecule has 0 N–H and O–H groups in total. The third-order valence-corrected chi connectivity index (χ3v) is 3.89. The van der Waals surface area contributed by atoms with Crippen molar-refractivity contribution in [1.82, 2.24) is 0 Å². The number of carbonyl (C=O) groups excluding carboxylic acids is 1. The summed E-state index contributed by atoms with van der Waals surface area (Å²) in [5.74, 6) is -0.131. The Hall–Kier alpha value is -1.16. The molecule has 0 spiro atoms. The molecule has 0 aromatic heterocycles. The quantitative estimate of drug-likeness (QED) is 0.680. The Bertz CT molecular complexity index is 460. The average Bonchev–Trinajstić information content (AvgIpc) is 2.27. The Balaban J connectivity index is 0.000000531. The molecule has 0 aliphatic carbocycles. The van der Waals surface area contributed by atoms with Crippen LogP contribution in [-0.2, 0) is 9.84 Å². The van der Waals surface area contributed by atoms with Crippen LogP contribution in [0.1, 0.15) is 30.6 Å². The second-order valence-electron chi connectivity index (χ2n) is 2.99. The Morgan fingerprint density at radius 2 is 1.73 bits per heavy atom. The minimum atomic E-state index is -3.20. The molecule has 0 unspecified atom stereocenters. The first kappa shape index (κ1) is 11.9. The molecule has 1 aromatic rings. The van der Waals surface area contributed by atoms with Gasteiger partial charge in [-0.1, -0.05) is 32.0 Å². The van der Waals surface area contributed by atoms with Crippen LogP contribution in [-0.4, -0.2) is 20.0 Å². The Morgan fingerprint density at radius 1 is 1.13 bits per heavy atom. The molecule has 0 atom stereocenters. The third kappa shape index (κ3) is 2.26. The number of hydrogen-bond donors (Lipinski definition) is 0. The van der Waals surface area contributed by atoms with E-state index in [1.54, 1.807) is 18.2 Å². The van der Waals surface area contributed by atoms with Crippen molar-refractivity contribution in [2.75, 3.05) is 5.75 Å². The fourth-order valence-electron chi connectivity index (χ4n) is 1.44. The van der Waals surface area contributed by atoms with Gasteiger partial charge < -0.3 is 0 Å². The number of Topliss-reactive ketones (excluding diaryl/α,β-unsaturated/α-hetero) is 1. The fraction of sp³-hybridized carbons (Fsp3) is 0.364. The van der Waals surface area contributed by atoms with Crippen molar-refractivity contribution >= 4 is 15.6 Å². The molecule has 1 aromatic carbocycles. The lowest BCUT2D eigenvalue weighted by molar-refractivity contribution is 0.0983. The van der Waals surface area contributed by atoms with Gasteiger partial charge >= 0.3 is 0 Å². The van der Waals surface area contributed by atoms with E-state index >= 15 is 0 Å². The van der Waals surface area contributed by atoms with E-state index in [0.717, 1.165) is 0 Å². The van der Waals surface area contributed by atoms with Crippen molar-refractivity contribution in [2.45, 2.75) is 25.2 Å². The summed E-state index contributed by atoms with van der Waals surface area (Å²) in [4.78, 5) is 11.5. The summed E-state index contributed by atoms with van der Waals surface area (Å²) >= 11 is 0. The van der Waals surface area contributed by atoms with E-state index in [1.165, 1.54) is 6.07 Å². The van der Waals surface area contributed by atoms with Crippen molar-refractivity contribution in [3.63, 3.8) is 0 Å². The van der Waals surface area contributed by atoms with E-state index in [-0.39, 0.29) is 22.9 Å². The Labute approximate surface area is 90.0 Å². The van der Waals surface area contributed by atoms with Crippen LogP contribution in [0, 0.1) is 0 Å². The summed E-state index contributed by atoms with van der Waals surface area (Å²) in [6, 6.07) is 6.36. The maximum absolute atomic E-state index is 11.5. The van der Waals surface area contributed by atoms with E-state index in [9.17, 15) is 13.2 Å². The van der Waals surface area contributed by atoms with Crippen molar-refractivity contribution in [1.29, 1.82) is 0 Å². The summed E-state index contributed by atoms with van der Waals surface area (Å²) in [7, 11) is -3.20. The van der Waals surface area contributed by atoms with E-state index in [4.69, 9.17) is 0 Å². The van der Waals surface area contributed by atoms with Gasteiger partial charge in [0.1, 0.15) is 0 Å². The summed E-state index contributed by atoms with van der Waals surface area (Å²) in [5.41, 5.74) is 0.341. The topological polar surface area (TPSA) is 51.2 Å². The minimum absolute atomic E-state index is 0.0527. The molecular formula is C11H14O3S. The standard InChI is InChI=1S/C9H8O3S.C2H6/c10-8-5-6-13(11,12)9-4-2-1-3-7(8)9;1-2/h1-4H,5-6H2;1-2H3. The number of benzene rings is 1. The van der Waals surface area contributed by atoms with Crippen LogP contribution >= 0.6 is 0 Å². The zero-order valence-electron chi connectivity index (χ0n) is 8.86. The lowest BCUT2D eigenvalue weighted by Crippen LogP contribution is -2.20. The van der Waals surface area contributed by atoms with Crippen molar-refractivity contribution in [3.05, 3.63) is 29.8 Å². The molecule has 0 saturated carbocycles. The number of carbonyl (C=O) groups is 1. The molecule has 4 heteroatoms. The Morgan fingerprint density at radius 3 is 2.33 bits per heavy atom. The van der Waals surface area contributed by atoms with Gasteiger partial charge in [0, 0.05) is 12.0 Å². The molecule has 0 fully saturated rings. The lowest BCUT2D eigenvalue weighted by atomic mass is 10.1. The molecule has 2 rings (SSSR count). The highest BCUT2D eigenvalue weighted by atomic mass is 32.2. The molecule has 0 radical (unpaired) electrons. The number of hydrogen-bond acceptors (Lipinski definition) is 3. The fourth-order valence-corrected chi connectivity index (χ4v) is 2.92. The van der Waals surface area contributed by atoms with Crippen LogP contribution in [0.2, 0.25) is 0 Å². The Kier molecular flexibility index (Phi) is 3.63. The van der Waals surface area contributed by atoms with E-state index in [1.807, 2.05) is 13.8 Å². The maximum Gasteiger partial charge on any atom is 0.179 e. The molecule has 3 nitrogen and oxygen atoms in total. The second-order valence-corrected chi connectivity index (χ2v) is 5.07. The van der Waals surface area contributed by atoms with Crippen molar-refractivity contribution < 1.29 is 13.2 Å².